The summed E-state index contributed by atoms with van der Waals surface area (Å²) in [5.41, 5.74) is 0.302. The Bertz CT molecular complexity index is 394. The molecule has 0 saturated heterocycles. The van der Waals surface area contributed by atoms with Crippen molar-refractivity contribution in [3.05, 3.63) is 55.1 Å². The lowest BCUT2D eigenvalue weighted by atomic mass is 10.1. The average Bonchev–Trinajstić information content (AvgIpc) is 2.20. The monoisotopic (exact) mass is 246 g/mol. The van der Waals surface area contributed by atoms with Crippen molar-refractivity contribution in [1.82, 2.24) is 0 Å². The molecule has 1 unspecified atom stereocenters. The minimum atomic E-state index is -1.28. The van der Waals surface area contributed by atoms with E-state index in [1.807, 2.05) is 0 Å². The standard InChI is InChI=1S/C8H7ClN2O5/c9-7-3-1-6(2-4-7)8(10(12)13)5-16-11(14)15/h1-4,8H,5H2. The Morgan fingerprint density at radius 1 is 1.25 bits per heavy atom. The van der Waals surface area contributed by atoms with Gasteiger partial charge in [-0.25, -0.2) is 0 Å². The maximum Gasteiger partial charge on any atom is 0.294 e. The summed E-state index contributed by atoms with van der Waals surface area (Å²) >= 11 is 5.61. The van der Waals surface area contributed by atoms with Crippen molar-refractivity contribution in [3.63, 3.8) is 0 Å². The zero-order valence-electron chi connectivity index (χ0n) is 7.91. The molecule has 0 N–H and O–H groups in total. The van der Waals surface area contributed by atoms with Gasteiger partial charge < -0.3 is 4.84 Å². The van der Waals surface area contributed by atoms with E-state index in [2.05, 4.69) is 4.84 Å². The summed E-state index contributed by atoms with van der Waals surface area (Å²) in [6.45, 7) is -0.623. The molecule has 16 heavy (non-hydrogen) atoms. The maximum absolute atomic E-state index is 10.7. The molecule has 0 spiro atoms. The van der Waals surface area contributed by atoms with Gasteiger partial charge in [-0.2, -0.15) is 0 Å². The normalized spacial score (nSPS) is 11.8. The van der Waals surface area contributed by atoms with E-state index in [0.29, 0.717) is 10.6 Å². The second kappa shape index (κ2) is 5.26. The molecule has 1 aromatic carbocycles. The number of rotatable bonds is 5. The number of nitrogens with zero attached hydrogens (tertiary/aromatic N) is 2. The van der Waals surface area contributed by atoms with Gasteiger partial charge in [-0.15, -0.1) is 10.1 Å². The Morgan fingerprint density at radius 3 is 2.25 bits per heavy atom. The summed E-state index contributed by atoms with van der Waals surface area (Å²) < 4.78 is 0. The molecular weight excluding hydrogens is 240 g/mol. The summed E-state index contributed by atoms with van der Waals surface area (Å²) in [5, 5.41) is 20.0. The van der Waals surface area contributed by atoms with Gasteiger partial charge in [0.05, 0.1) is 0 Å². The molecular formula is C8H7ClN2O5. The van der Waals surface area contributed by atoms with E-state index in [9.17, 15) is 20.2 Å². The third kappa shape index (κ3) is 3.35. The van der Waals surface area contributed by atoms with E-state index in [4.69, 9.17) is 11.6 Å². The van der Waals surface area contributed by atoms with Gasteiger partial charge in [0, 0.05) is 15.5 Å². The SMILES string of the molecule is O=[N+]([O-])OCC(c1ccc(Cl)cc1)[N+](=O)[O-]. The van der Waals surface area contributed by atoms with Gasteiger partial charge in [0.25, 0.3) is 11.1 Å². The Kier molecular flexibility index (Phi) is 4.01. The van der Waals surface area contributed by atoms with Crippen LogP contribution in [0.15, 0.2) is 24.3 Å². The molecule has 8 heteroatoms. The summed E-state index contributed by atoms with van der Waals surface area (Å²) in [7, 11) is 0. The molecule has 0 bridgehead atoms. The van der Waals surface area contributed by atoms with Crippen molar-refractivity contribution in [2.45, 2.75) is 6.04 Å². The summed E-state index contributed by atoms with van der Waals surface area (Å²) in [5.74, 6) is 0. The van der Waals surface area contributed by atoms with Crippen molar-refractivity contribution in [3.8, 4) is 0 Å². The van der Waals surface area contributed by atoms with Crippen LogP contribution in [0, 0.1) is 20.2 Å². The highest BCUT2D eigenvalue weighted by Gasteiger charge is 2.24. The van der Waals surface area contributed by atoms with Crippen molar-refractivity contribution >= 4 is 11.6 Å². The van der Waals surface area contributed by atoms with E-state index in [1.54, 1.807) is 0 Å². The van der Waals surface area contributed by atoms with Gasteiger partial charge in [0.2, 0.25) is 0 Å². The molecule has 0 fully saturated rings. The summed E-state index contributed by atoms with van der Waals surface area (Å²) in [6.07, 6.45) is 0. The van der Waals surface area contributed by atoms with Crippen LogP contribution in [-0.4, -0.2) is 16.6 Å². The number of nitro groups is 1. The minimum Gasteiger partial charge on any atom is -0.306 e. The lowest BCUT2D eigenvalue weighted by Gasteiger charge is -2.08. The second-order valence-electron chi connectivity index (χ2n) is 2.87. The van der Waals surface area contributed by atoms with Crippen LogP contribution in [0.25, 0.3) is 0 Å². The molecule has 0 amide bonds. The molecule has 0 radical (unpaired) electrons. The average molecular weight is 247 g/mol. The largest absolute Gasteiger partial charge is 0.306 e. The van der Waals surface area contributed by atoms with Gasteiger partial charge in [-0.1, -0.05) is 23.7 Å². The molecule has 1 atom stereocenters. The summed E-state index contributed by atoms with van der Waals surface area (Å²) in [6, 6.07) is 4.53. The van der Waals surface area contributed by atoms with E-state index in [1.165, 1.54) is 24.3 Å². The molecule has 0 aliphatic heterocycles. The van der Waals surface area contributed by atoms with Crippen molar-refractivity contribution in [2.24, 2.45) is 0 Å². The third-order valence-corrected chi connectivity index (χ3v) is 2.10. The molecule has 1 rings (SSSR count). The highest BCUT2D eigenvalue weighted by Crippen LogP contribution is 2.19. The highest BCUT2D eigenvalue weighted by atomic mass is 35.5. The first kappa shape index (κ1) is 12.2. The molecule has 7 nitrogen and oxygen atoms in total. The topological polar surface area (TPSA) is 95.5 Å². The zero-order valence-corrected chi connectivity index (χ0v) is 8.66. The number of benzene rings is 1. The minimum absolute atomic E-state index is 0.302. The van der Waals surface area contributed by atoms with Gasteiger partial charge in [0.1, 0.15) is 0 Å². The number of halogens is 1. The molecule has 86 valence electrons. The highest BCUT2D eigenvalue weighted by molar-refractivity contribution is 6.30. The van der Waals surface area contributed by atoms with E-state index in [0.717, 1.165) is 0 Å². The Balaban J connectivity index is 2.81. The van der Waals surface area contributed by atoms with Crippen LogP contribution >= 0.6 is 11.6 Å². The van der Waals surface area contributed by atoms with Crippen LogP contribution in [0.1, 0.15) is 11.6 Å². The predicted molar refractivity (Wildman–Crippen MR) is 54.1 cm³/mol. The molecule has 0 aliphatic rings. The quantitative estimate of drug-likeness (QED) is 0.584. The van der Waals surface area contributed by atoms with Crippen LogP contribution in [0.5, 0.6) is 0 Å². The van der Waals surface area contributed by atoms with Gasteiger partial charge in [0.15, 0.2) is 6.61 Å². The fraction of sp³-hybridized carbons (Fsp3) is 0.250. The Labute approximate surface area is 94.8 Å². The lowest BCUT2D eigenvalue weighted by molar-refractivity contribution is -0.766. The first-order valence-electron chi connectivity index (χ1n) is 4.17. The van der Waals surface area contributed by atoms with Crippen LogP contribution in [-0.2, 0) is 4.84 Å². The molecule has 0 heterocycles. The molecule has 0 saturated carbocycles. The smallest absolute Gasteiger partial charge is 0.294 e. The second-order valence-corrected chi connectivity index (χ2v) is 3.31. The first-order valence-corrected chi connectivity index (χ1v) is 4.54. The Hall–Kier alpha value is -1.89. The van der Waals surface area contributed by atoms with Crippen molar-refractivity contribution in [1.29, 1.82) is 0 Å². The van der Waals surface area contributed by atoms with Crippen LogP contribution < -0.4 is 0 Å². The molecule has 1 aromatic rings. The van der Waals surface area contributed by atoms with Crippen molar-refractivity contribution in [2.75, 3.05) is 6.61 Å². The van der Waals surface area contributed by atoms with Crippen LogP contribution in [0.3, 0.4) is 0 Å². The van der Waals surface area contributed by atoms with Gasteiger partial charge >= 0.3 is 0 Å². The summed E-state index contributed by atoms with van der Waals surface area (Å²) in [4.78, 5) is 24.0. The predicted octanol–water partition coefficient (Wildman–Crippen LogP) is 1.87. The fourth-order valence-corrected chi connectivity index (χ4v) is 1.22. The number of hydrogen-bond acceptors (Lipinski definition) is 5. The fourth-order valence-electron chi connectivity index (χ4n) is 1.10. The van der Waals surface area contributed by atoms with Crippen molar-refractivity contribution < 1.29 is 14.8 Å². The van der Waals surface area contributed by atoms with E-state index < -0.39 is 22.7 Å². The first-order chi connectivity index (χ1) is 7.50. The Morgan fingerprint density at radius 2 is 1.81 bits per heavy atom. The van der Waals surface area contributed by atoms with Crippen LogP contribution in [0.2, 0.25) is 5.02 Å². The lowest BCUT2D eigenvalue weighted by Crippen LogP contribution is -2.18. The van der Waals surface area contributed by atoms with Crippen LogP contribution in [0.4, 0.5) is 0 Å². The maximum atomic E-state index is 10.7. The van der Waals surface area contributed by atoms with Gasteiger partial charge in [-0.05, 0) is 12.1 Å². The van der Waals surface area contributed by atoms with E-state index in [-0.39, 0.29) is 0 Å². The zero-order chi connectivity index (χ0) is 12.1. The molecule has 0 aliphatic carbocycles. The van der Waals surface area contributed by atoms with E-state index >= 15 is 0 Å². The molecule has 0 aromatic heterocycles. The van der Waals surface area contributed by atoms with Gasteiger partial charge in [-0.3, -0.25) is 10.1 Å². The number of hydrogen-bond donors (Lipinski definition) is 0. The third-order valence-electron chi connectivity index (χ3n) is 1.85.